The SMILES string of the molecule is CCNC(=NCc1sc(C)nc1C)NCCCOCC(C)C. The highest BCUT2D eigenvalue weighted by atomic mass is 32.1. The van der Waals surface area contributed by atoms with Crippen molar-refractivity contribution in [3.8, 4) is 0 Å². The second-order valence-corrected chi connectivity index (χ2v) is 6.97. The van der Waals surface area contributed by atoms with Crippen molar-refractivity contribution in [2.45, 2.75) is 47.6 Å². The van der Waals surface area contributed by atoms with Gasteiger partial charge in [-0.1, -0.05) is 13.8 Å². The van der Waals surface area contributed by atoms with Crippen LogP contribution in [0.1, 0.15) is 42.8 Å². The lowest BCUT2D eigenvalue weighted by Gasteiger charge is -2.11. The van der Waals surface area contributed by atoms with Gasteiger partial charge in [0.2, 0.25) is 0 Å². The third-order valence-corrected chi connectivity index (χ3v) is 3.99. The number of aliphatic imine (C=N–C) groups is 1. The normalized spacial score (nSPS) is 12.0. The second-order valence-electron chi connectivity index (χ2n) is 5.69. The van der Waals surface area contributed by atoms with Gasteiger partial charge in [-0.25, -0.2) is 9.98 Å². The van der Waals surface area contributed by atoms with Crippen LogP contribution < -0.4 is 10.6 Å². The van der Waals surface area contributed by atoms with Crippen molar-refractivity contribution < 1.29 is 4.74 Å². The topological polar surface area (TPSA) is 58.5 Å². The molecule has 0 aliphatic heterocycles. The number of hydrogen-bond donors (Lipinski definition) is 2. The highest BCUT2D eigenvalue weighted by Crippen LogP contribution is 2.17. The number of rotatable bonds is 9. The molecule has 0 unspecified atom stereocenters. The molecule has 0 saturated heterocycles. The predicted octanol–water partition coefficient (Wildman–Crippen LogP) is 2.88. The first kappa shape index (κ1) is 18.9. The lowest BCUT2D eigenvalue weighted by Crippen LogP contribution is -2.38. The summed E-state index contributed by atoms with van der Waals surface area (Å²) in [5, 5.41) is 7.72. The molecule has 0 spiro atoms. The number of hydrogen-bond acceptors (Lipinski definition) is 4. The van der Waals surface area contributed by atoms with Crippen LogP contribution >= 0.6 is 11.3 Å². The number of nitrogens with one attached hydrogen (secondary N) is 2. The zero-order valence-corrected chi connectivity index (χ0v) is 15.3. The summed E-state index contributed by atoms with van der Waals surface area (Å²) in [5.74, 6) is 1.45. The summed E-state index contributed by atoms with van der Waals surface area (Å²) in [6.07, 6.45) is 0.982. The average molecular weight is 327 g/mol. The minimum absolute atomic E-state index is 0.595. The lowest BCUT2D eigenvalue weighted by molar-refractivity contribution is 0.108. The van der Waals surface area contributed by atoms with Gasteiger partial charge >= 0.3 is 0 Å². The van der Waals surface area contributed by atoms with Crippen LogP contribution in [0.4, 0.5) is 0 Å². The van der Waals surface area contributed by atoms with E-state index in [9.17, 15) is 0 Å². The highest BCUT2D eigenvalue weighted by molar-refractivity contribution is 7.11. The molecule has 6 heteroatoms. The Morgan fingerprint density at radius 3 is 2.68 bits per heavy atom. The monoisotopic (exact) mass is 326 g/mol. The third-order valence-electron chi connectivity index (χ3n) is 2.93. The highest BCUT2D eigenvalue weighted by Gasteiger charge is 2.04. The van der Waals surface area contributed by atoms with Crippen LogP contribution in [0, 0.1) is 19.8 Å². The van der Waals surface area contributed by atoms with E-state index in [1.165, 1.54) is 4.88 Å². The number of thiazole rings is 1. The van der Waals surface area contributed by atoms with Crippen LogP contribution in [0.15, 0.2) is 4.99 Å². The van der Waals surface area contributed by atoms with Crippen LogP contribution in [-0.2, 0) is 11.3 Å². The van der Waals surface area contributed by atoms with E-state index in [0.717, 1.165) is 49.4 Å². The van der Waals surface area contributed by atoms with Gasteiger partial charge in [0.1, 0.15) is 0 Å². The molecule has 126 valence electrons. The van der Waals surface area contributed by atoms with Crippen molar-refractivity contribution in [1.82, 2.24) is 15.6 Å². The molecule has 1 aromatic rings. The van der Waals surface area contributed by atoms with Gasteiger partial charge in [0.05, 0.1) is 17.2 Å². The molecular formula is C16H30N4OS. The maximum atomic E-state index is 5.58. The van der Waals surface area contributed by atoms with E-state index in [1.54, 1.807) is 11.3 Å². The molecule has 1 heterocycles. The lowest BCUT2D eigenvalue weighted by atomic mass is 10.2. The van der Waals surface area contributed by atoms with Crippen LogP contribution in [-0.4, -0.2) is 37.2 Å². The Kier molecular flexibility index (Phi) is 9.08. The van der Waals surface area contributed by atoms with Crippen molar-refractivity contribution in [1.29, 1.82) is 0 Å². The summed E-state index contributed by atoms with van der Waals surface area (Å²) >= 11 is 1.72. The van der Waals surface area contributed by atoms with Gasteiger partial charge in [-0.3, -0.25) is 0 Å². The van der Waals surface area contributed by atoms with Gasteiger partial charge in [0, 0.05) is 31.2 Å². The molecule has 0 fully saturated rings. The smallest absolute Gasteiger partial charge is 0.191 e. The first-order valence-electron chi connectivity index (χ1n) is 8.05. The van der Waals surface area contributed by atoms with Crippen LogP contribution in [0.2, 0.25) is 0 Å². The molecule has 0 aliphatic carbocycles. The number of aryl methyl sites for hydroxylation is 2. The minimum atomic E-state index is 0.595. The summed E-state index contributed by atoms with van der Waals surface area (Å²) < 4.78 is 5.58. The molecule has 5 nitrogen and oxygen atoms in total. The minimum Gasteiger partial charge on any atom is -0.381 e. The van der Waals surface area contributed by atoms with Gasteiger partial charge in [0.25, 0.3) is 0 Å². The molecule has 0 aromatic carbocycles. The molecule has 0 bridgehead atoms. The van der Waals surface area contributed by atoms with Crippen LogP contribution in [0.25, 0.3) is 0 Å². The van der Waals surface area contributed by atoms with Crippen molar-refractivity contribution in [2.24, 2.45) is 10.9 Å². The van der Waals surface area contributed by atoms with E-state index < -0.39 is 0 Å². The van der Waals surface area contributed by atoms with E-state index in [4.69, 9.17) is 4.74 Å². The molecule has 1 rings (SSSR count). The Bertz CT molecular complexity index is 457. The molecule has 22 heavy (non-hydrogen) atoms. The van der Waals surface area contributed by atoms with E-state index >= 15 is 0 Å². The first-order valence-corrected chi connectivity index (χ1v) is 8.87. The average Bonchev–Trinajstić information content (AvgIpc) is 2.77. The Morgan fingerprint density at radius 2 is 2.09 bits per heavy atom. The molecule has 1 aromatic heterocycles. The summed E-state index contributed by atoms with van der Waals surface area (Å²) in [6, 6.07) is 0. The molecule has 0 radical (unpaired) electrons. The van der Waals surface area contributed by atoms with Crippen molar-refractivity contribution in [3.05, 3.63) is 15.6 Å². The fourth-order valence-electron chi connectivity index (χ4n) is 1.91. The maximum absolute atomic E-state index is 5.58. The van der Waals surface area contributed by atoms with Crippen molar-refractivity contribution in [3.63, 3.8) is 0 Å². The van der Waals surface area contributed by atoms with Crippen molar-refractivity contribution >= 4 is 17.3 Å². The molecule has 0 atom stereocenters. The number of guanidine groups is 1. The molecule has 2 N–H and O–H groups in total. The van der Waals surface area contributed by atoms with E-state index in [2.05, 4.69) is 41.4 Å². The summed E-state index contributed by atoms with van der Waals surface area (Å²) in [6.45, 7) is 14.5. The number of ether oxygens (including phenoxy) is 1. The largest absolute Gasteiger partial charge is 0.381 e. The fraction of sp³-hybridized carbons (Fsp3) is 0.750. The fourth-order valence-corrected chi connectivity index (χ4v) is 2.77. The van der Waals surface area contributed by atoms with E-state index in [0.29, 0.717) is 12.5 Å². The molecule has 0 saturated carbocycles. The quantitative estimate of drug-likeness (QED) is 0.416. The van der Waals surface area contributed by atoms with E-state index in [-0.39, 0.29) is 0 Å². The van der Waals surface area contributed by atoms with Crippen molar-refractivity contribution in [2.75, 3.05) is 26.3 Å². The van der Waals surface area contributed by atoms with Crippen LogP contribution in [0.3, 0.4) is 0 Å². The molecular weight excluding hydrogens is 296 g/mol. The second kappa shape index (κ2) is 10.6. The standard InChI is InChI=1S/C16H30N4OS/c1-6-17-16(18-8-7-9-21-11-12(2)3)19-10-15-13(4)20-14(5)22-15/h12H,6-11H2,1-5H3,(H2,17,18,19). The van der Waals surface area contributed by atoms with Gasteiger partial charge in [-0.2, -0.15) is 0 Å². The summed E-state index contributed by atoms with van der Waals surface area (Å²) in [5.41, 5.74) is 1.09. The zero-order valence-electron chi connectivity index (χ0n) is 14.5. The van der Waals surface area contributed by atoms with Gasteiger partial charge in [-0.05, 0) is 33.1 Å². The summed E-state index contributed by atoms with van der Waals surface area (Å²) in [7, 11) is 0. The first-order chi connectivity index (χ1) is 10.5. The Balaban J connectivity index is 2.34. The molecule has 0 amide bonds. The molecule has 0 aliphatic rings. The Morgan fingerprint density at radius 1 is 1.32 bits per heavy atom. The van der Waals surface area contributed by atoms with Gasteiger partial charge < -0.3 is 15.4 Å². The number of nitrogens with zero attached hydrogens (tertiary/aromatic N) is 2. The number of aromatic nitrogens is 1. The maximum Gasteiger partial charge on any atom is 0.191 e. The van der Waals surface area contributed by atoms with Crippen LogP contribution in [0.5, 0.6) is 0 Å². The summed E-state index contributed by atoms with van der Waals surface area (Å²) in [4.78, 5) is 10.3. The van der Waals surface area contributed by atoms with E-state index in [1.807, 2.05) is 13.8 Å². The zero-order chi connectivity index (χ0) is 16.4. The Hall–Kier alpha value is -1.14. The third kappa shape index (κ3) is 7.75. The predicted molar refractivity (Wildman–Crippen MR) is 94.7 cm³/mol. The van der Waals surface area contributed by atoms with Gasteiger partial charge in [0.15, 0.2) is 5.96 Å². The van der Waals surface area contributed by atoms with Gasteiger partial charge in [-0.15, -0.1) is 11.3 Å². The Labute approximate surface area is 138 Å².